The van der Waals surface area contributed by atoms with E-state index < -0.39 is 10.0 Å². The molecule has 1 aromatic carbocycles. The molecule has 3 rings (SSSR count). The van der Waals surface area contributed by atoms with E-state index in [-0.39, 0.29) is 17.2 Å². The standard InChI is InChI=1S/C14H13N3O3S/c1-17-13-3-2-11(8-10(13)9-14(17)18)16-21(19,20)12-4-6-15-7-5-12/h2-8,16H,9H2,1H3. The number of hydrogen-bond acceptors (Lipinski definition) is 4. The smallest absolute Gasteiger partial charge is 0.262 e. The minimum absolute atomic E-state index is 0.000795. The molecule has 0 fully saturated rings. The van der Waals surface area contributed by atoms with Crippen molar-refractivity contribution in [3.05, 3.63) is 48.3 Å². The summed E-state index contributed by atoms with van der Waals surface area (Å²) in [5, 5.41) is 0. The fraction of sp³-hybridized carbons (Fsp3) is 0.143. The molecule has 1 aromatic heterocycles. The molecule has 6 nitrogen and oxygen atoms in total. The number of rotatable bonds is 3. The van der Waals surface area contributed by atoms with E-state index in [1.54, 1.807) is 30.1 Å². The van der Waals surface area contributed by atoms with Gasteiger partial charge in [-0.15, -0.1) is 0 Å². The molecule has 1 aliphatic rings. The number of sulfonamides is 1. The van der Waals surface area contributed by atoms with Crippen molar-refractivity contribution in [3.8, 4) is 0 Å². The number of anilines is 2. The quantitative estimate of drug-likeness (QED) is 0.929. The van der Waals surface area contributed by atoms with E-state index >= 15 is 0 Å². The van der Waals surface area contributed by atoms with E-state index in [1.165, 1.54) is 24.5 Å². The number of fused-ring (bicyclic) bond motifs is 1. The van der Waals surface area contributed by atoms with Crippen molar-refractivity contribution in [2.75, 3.05) is 16.7 Å². The molecule has 0 saturated heterocycles. The third kappa shape index (κ3) is 2.47. The first-order valence-corrected chi connectivity index (χ1v) is 7.78. The highest BCUT2D eigenvalue weighted by Gasteiger charge is 2.24. The van der Waals surface area contributed by atoms with Gasteiger partial charge in [0.2, 0.25) is 5.91 Å². The van der Waals surface area contributed by atoms with E-state index in [1.807, 2.05) is 0 Å². The summed E-state index contributed by atoms with van der Waals surface area (Å²) in [5.41, 5.74) is 2.07. The maximum Gasteiger partial charge on any atom is 0.262 e. The van der Waals surface area contributed by atoms with Crippen LogP contribution in [0, 0.1) is 0 Å². The Kier molecular flexibility index (Phi) is 3.13. The van der Waals surface area contributed by atoms with Crippen LogP contribution in [-0.2, 0) is 21.2 Å². The van der Waals surface area contributed by atoms with Gasteiger partial charge in [0.25, 0.3) is 10.0 Å². The maximum atomic E-state index is 12.2. The molecule has 1 aliphatic heterocycles. The molecular weight excluding hydrogens is 290 g/mol. The Balaban J connectivity index is 1.91. The van der Waals surface area contributed by atoms with Crippen LogP contribution in [0.15, 0.2) is 47.6 Å². The molecule has 0 atom stereocenters. The van der Waals surface area contributed by atoms with E-state index in [2.05, 4.69) is 9.71 Å². The monoisotopic (exact) mass is 303 g/mol. The summed E-state index contributed by atoms with van der Waals surface area (Å²) in [4.78, 5) is 17.1. The Morgan fingerprint density at radius 1 is 1.19 bits per heavy atom. The molecule has 2 heterocycles. The number of aromatic nitrogens is 1. The third-order valence-electron chi connectivity index (χ3n) is 3.37. The summed E-state index contributed by atoms with van der Waals surface area (Å²) in [6.45, 7) is 0. The van der Waals surface area contributed by atoms with Crippen molar-refractivity contribution in [3.63, 3.8) is 0 Å². The molecule has 1 N–H and O–H groups in total. The van der Waals surface area contributed by atoms with Gasteiger partial charge in [-0.25, -0.2) is 8.42 Å². The predicted molar refractivity (Wildman–Crippen MR) is 78.6 cm³/mol. The Bertz CT molecular complexity index is 803. The molecule has 0 spiro atoms. The van der Waals surface area contributed by atoms with Gasteiger partial charge < -0.3 is 4.90 Å². The zero-order chi connectivity index (χ0) is 15.0. The summed E-state index contributed by atoms with van der Waals surface area (Å²) < 4.78 is 26.9. The molecule has 1 amide bonds. The molecule has 21 heavy (non-hydrogen) atoms. The number of carbonyl (C=O) groups is 1. The van der Waals surface area contributed by atoms with Crippen molar-refractivity contribution in [1.82, 2.24) is 4.98 Å². The van der Waals surface area contributed by atoms with Crippen LogP contribution in [0.2, 0.25) is 0 Å². The molecule has 7 heteroatoms. The largest absolute Gasteiger partial charge is 0.315 e. The number of carbonyl (C=O) groups excluding carboxylic acids is 1. The lowest BCUT2D eigenvalue weighted by atomic mass is 10.1. The fourth-order valence-corrected chi connectivity index (χ4v) is 3.30. The summed E-state index contributed by atoms with van der Waals surface area (Å²) in [5.74, 6) is -0.000795. The van der Waals surface area contributed by atoms with Crippen LogP contribution in [0.5, 0.6) is 0 Å². The molecule has 0 unspecified atom stereocenters. The first-order chi connectivity index (χ1) is 9.97. The van der Waals surface area contributed by atoms with Gasteiger partial charge in [-0.1, -0.05) is 0 Å². The van der Waals surface area contributed by atoms with Crippen LogP contribution in [-0.4, -0.2) is 26.4 Å². The molecule has 108 valence electrons. The minimum Gasteiger partial charge on any atom is -0.315 e. The summed E-state index contributed by atoms with van der Waals surface area (Å²) >= 11 is 0. The van der Waals surface area contributed by atoms with Gasteiger partial charge in [0.1, 0.15) is 0 Å². The van der Waals surface area contributed by atoms with Crippen LogP contribution in [0.25, 0.3) is 0 Å². The van der Waals surface area contributed by atoms with Crippen LogP contribution in [0.4, 0.5) is 11.4 Å². The van der Waals surface area contributed by atoms with Gasteiger partial charge in [0.15, 0.2) is 0 Å². The Hall–Kier alpha value is -2.41. The molecule has 2 aromatic rings. The Labute approximate surface area is 122 Å². The fourth-order valence-electron chi connectivity index (χ4n) is 2.27. The summed E-state index contributed by atoms with van der Waals surface area (Å²) in [7, 11) is -1.94. The average Bonchev–Trinajstić information content (AvgIpc) is 2.74. The minimum atomic E-state index is -3.65. The highest BCUT2D eigenvalue weighted by molar-refractivity contribution is 7.92. The average molecular weight is 303 g/mol. The van der Waals surface area contributed by atoms with Crippen LogP contribution in [0.1, 0.15) is 5.56 Å². The number of nitrogens with zero attached hydrogens (tertiary/aromatic N) is 2. The van der Waals surface area contributed by atoms with Crippen LogP contribution < -0.4 is 9.62 Å². The second-order valence-electron chi connectivity index (χ2n) is 4.76. The van der Waals surface area contributed by atoms with Crippen molar-refractivity contribution < 1.29 is 13.2 Å². The van der Waals surface area contributed by atoms with Gasteiger partial charge in [0.05, 0.1) is 11.3 Å². The SMILES string of the molecule is CN1C(=O)Cc2cc(NS(=O)(=O)c3ccncc3)ccc21. The lowest BCUT2D eigenvalue weighted by molar-refractivity contribution is -0.117. The molecule has 0 saturated carbocycles. The van der Waals surface area contributed by atoms with E-state index in [0.29, 0.717) is 5.69 Å². The van der Waals surface area contributed by atoms with Gasteiger partial charge in [-0.2, -0.15) is 0 Å². The highest BCUT2D eigenvalue weighted by atomic mass is 32.2. The van der Waals surface area contributed by atoms with Crippen molar-refractivity contribution >= 4 is 27.3 Å². The topological polar surface area (TPSA) is 79.4 Å². The Morgan fingerprint density at radius 3 is 2.62 bits per heavy atom. The normalized spacial score (nSPS) is 14.1. The van der Waals surface area contributed by atoms with Gasteiger partial charge in [-0.3, -0.25) is 14.5 Å². The first kappa shape index (κ1) is 13.6. The number of hydrogen-bond donors (Lipinski definition) is 1. The summed E-state index contributed by atoms with van der Waals surface area (Å²) in [6.07, 6.45) is 3.13. The second kappa shape index (κ2) is 4.85. The zero-order valence-corrected chi connectivity index (χ0v) is 12.1. The zero-order valence-electron chi connectivity index (χ0n) is 11.3. The molecule has 0 radical (unpaired) electrons. The highest BCUT2D eigenvalue weighted by Crippen LogP contribution is 2.30. The number of benzene rings is 1. The first-order valence-electron chi connectivity index (χ1n) is 6.30. The molecular formula is C14H13N3O3S. The van der Waals surface area contributed by atoms with E-state index in [0.717, 1.165) is 11.3 Å². The lowest BCUT2D eigenvalue weighted by Gasteiger charge is -2.12. The number of likely N-dealkylation sites (N-methyl/N-ethyl adjacent to an activating group) is 1. The van der Waals surface area contributed by atoms with Crippen LogP contribution in [0.3, 0.4) is 0 Å². The number of amides is 1. The summed E-state index contributed by atoms with van der Waals surface area (Å²) in [6, 6.07) is 7.92. The molecule has 0 aliphatic carbocycles. The van der Waals surface area contributed by atoms with Crippen molar-refractivity contribution in [2.45, 2.75) is 11.3 Å². The lowest BCUT2D eigenvalue weighted by Crippen LogP contribution is -2.20. The van der Waals surface area contributed by atoms with E-state index in [9.17, 15) is 13.2 Å². The van der Waals surface area contributed by atoms with Crippen molar-refractivity contribution in [1.29, 1.82) is 0 Å². The van der Waals surface area contributed by atoms with Gasteiger partial charge in [-0.05, 0) is 35.9 Å². The van der Waals surface area contributed by atoms with Crippen LogP contribution >= 0.6 is 0 Å². The number of pyridine rings is 1. The van der Waals surface area contributed by atoms with Gasteiger partial charge >= 0.3 is 0 Å². The third-order valence-corrected chi connectivity index (χ3v) is 4.77. The van der Waals surface area contributed by atoms with Gasteiger partial charge in [0, 0.05) is 30.8 Å². The number of nitrogens with one attached hydrogen (secondary N) is 1. The van der Waals surface area contributed by atoms with Crippen molar-refractivity contribution in [2.24, 2.45) is 0 Å². The second-order valence-corrected chi connectivity index (χ2v) is 6.44. The maximum absolute atomic E-state index is 12.2. The Morgan fingerprint density at radius 2 is 1.90 bits per heavy atom. The predicted octanol–water partition coefficient (Wildman–Crippen LogP) is 1.40. The molecule has 0 bridgehead atoms. The van der Waals surface area contributed by atoms with E-state index in [4.69, 9.17) is 0 Å².